The lowest BCUT2D eigenvalue weighted by Crippen LogP contribution is -2.41. The van der Waals surface area contributed by atoms with Crippen LogP contribution in [0.4, 0.5) is 4.39 Å². The summed E-state index contributed by atoms with van der Waals surface area (Å²) >= 11 is 0. The van der Waals surface area contributed by atoms with Gasteiger partial charge < -0.3 is 4.90 Å². The fraction of sp³-hybridized carbons (Fsp3) is 0.474. The molecule has 1 aromatic carbocycles. The van der Waals surface area contributed by atoms with E-state index in [0.29, 0.717) is 30.3 Å². The van der Waals surface area contributed by atoms with Crippen molar-refractivity contribution in [2.75, 3.05) is 18.1 Å². The summed E-state index contributed by atoms with van der Waals surface area (Å²) in [6.45, 7) is 2.28. The maximum absolute atomic E-state index is 13.3. The van der Waals surface area contributed by atoms with E-state index >= 15 is 0 Å². The lowest BCUT2D eigenvalue weighted by atomic mass is 10.2. The van der Waals surface area contributed by atoms with Crippen LogP contribution in [0.3, 0.4) is 0 Å². The number of halogens is 1. The van der Waals surface area contributed by atoms with E-state index in [0.717, 1.165) is 18.5 Å². The highest BCUT2D eigenvalue weighted by Crippen LogP contribution is 2.41. The highest BCUT2D eigenvalue weighted by atomic mass is 32.2. The molecule has 0 radical (unpaired) electrons. The summed E-state index contributed by atoms with van der Waals surface area (Å²) in [7, 11) is -3.07. The Morgan fingerprint density at radius 1 is 1.26 bits per heavy atom. The minimum atomic E-state index is -3.07. The largest absolute Gasteiger partial charge is 0.333 e. The van der Waals surface area contributed by atoms with Crippen LogP contribution < -0.4 is 0 Å². The number of nitrogens with zero attached hydrogens (tertiary/aromatic N) is 3. The van der Waals surface area contributed by atoms with Crippen molar-refractivity contribution in [1.29, 1.82) is 0 Å². The average Bonchev–Trinajstić information content (AvgIpc) is 3.28. The van der Waals surface area contributed by atoms with Crippen LogP contribution in [0.5, 0.6) is 0 Å². The van der Waals surface area contributed by atoms with Gasteiger partial charge in [0.05, 0.1) is 17.2 Å². The highest BCUT2D eigenvalue weighted by Gasteiger charge is 2.36. The molecule has 0 bridgehead atoms. The predicted molar refractivity (Wildman–Crippen MR) is 99.3 cm³/mol. The fourth-order valence-corrected chi connectivity index (χ4v) is 5.43. The number of benzene rings is 1. The van der Waals surface area contributed by atoms with Gasteiger partial charge in [-0.05, 0) is 56.5 Å². The van der Waals surface area contributed by atoms with Crippen molar-refractivity contribution in [2.45, 2.75) is 38.1 Å². The van der Waals surface area contributed by atoms with Gasteiger partial charge in [-0.2, -0.15) is 5.10 Å². The Kier molecular flexibility index (Phi) is 4.53. The molecule has 2 heterocycles. The lowest BCUT2D eigenvalue weighted by molar-refractivity contribution is 0.0702. The summed E-state index contributed by atoms with van der Waals surface area (Å²) in [5, 5.41) is 4.50. The topological polar surface area (TPSA) is 72.3 Å². The molecule has 8 heteroatoms. The van der Waals surface area contributed by atoms with Gasteiger partial charge in [0.2, 0.25) is 0 Å². The number of carbonyl (C=O) groups excluding carboxylic acids is 1. The minimum Gasteiger partial charge on any atom is -0.333 e. The molecule has 6 nitrogen and oxygen atoms in total. The van der Waals surface area contributed by atoms with Gasteiger partial charge in [0, 0.05) is 24.2 Å². The Balaban J connectivity index is 1.66. The normalized spacial score (nSPS) is 21.3. The van der Waals surface area contributed by atoms with E-state index < -0.39 is 9.84 Å². The monoisotopic (exact) mass is 391 g/mol. The molecule has 4 rings (SSSR count). The van der Waals surface area contributed by atoms with Gasteiger partial charge in [0.25, 0.3) is 5.91 Å². The van der Waals surface area contributed by atoms with Crippen LogP contribution in [0.1, 0.15) is 48.3 Å². The van der Waals surface area contributed by atoms with Gasteiger partial charge in [-0.25, -0.2) is 17.5 Å². The maximum Gasteiger partial charge on any atom is 0.274 e. The molecule has 2 aromatic rings. The number of aromatic nitrogens is 2. The highest BCUT2D eigenvalue weighted by molar-refractivity contribution is 7.91. The zero-order valence-electron chi connectivity index (χ0n) is 15.1. The van der Waals surface area contributed by atoms with Gasteiger partial charge in [0.1, 0.15) is 5.82 Å². The van der Waals surface area contributed by atoms with Crippen molar-refractivity contribution in [3.63, 3.8) is 0 Å². The van der Waals surface area contributed by atoms with E-state index in [1.54, 1.807) is 27.8 Å². The molecular weight excluding hydrogens is 369 g/mol. The van der Waals surface area contributed by atoms with Crippen molar-refractivity contribution < 1.29 is 17.6 Å². The number of sulfone groups is 1. The van der Waals surface area contributed by atoms with Gasteiger partial charge in [-0.15, -0.1) is 0 Å². The summed E-state index contributed by atoms with van der Waals surface area (Å²) < 4.78 is 38.6. The molecule has 1 unspecified atom stereocenters. The van der Waals surface area contributed by atoms with Crippen LogP contribution in [0.15, 0.2) is 30.3 Å². The molecule has 2 fully saturated rings. The number of carbonyl (C=O) groups is 1. The second-order valence-electron chi connectivity index (χ2n) is 7.26. The Hall–Kier alpha value is -2.22. The van der Waals surface area contributed by atoms with Gasteiger partial charge in [-0.1, -0.05) is 0 Å². The molecule has 0 spiro atoms. The standard InChI is InChI=1S/C19H22FN3O3S/c1-2-22(16-9-10-27(25,26)12-16)19(24)17-11-18(13-3-4-13)23(21-17)15-7-5-14(20)6-8-15/h5-8,11,13,16H,2-4,9-10,12H2,1H3. The van der Waals surface area contributed by atoms with E-state index in [1.807, 2.05) is 6.92 Å². The Morgan fingerprint density at radius 2 is 1.96 bits per heavy atom. The van der Waals surface area contributed by atoms with Gasteiger partial charge in [0.15, 0.2) is 15.5 Å². The maximum atomic E-state index is 13.3. The summed E-state index contributed by atoms with van der Waals surface area (Å²) in [5.74, 6) is -0.0809. The van der Waals surface area contributed by atoms with E-state index in [1.165, 1.54) is 12.1 Å². The summed E-state index contributed by atoms with van der Waals surface area (Å²) in [6.07, 6.45) is 2.55. The molecular formula is C19H22FN3O3S. The van der Waals surface area contributed by atoms with E-state index in [9.17, 15) is 17.6 Å². The van der Waals surface area contributed by atoms with E-state index in [-0.39, 0.29) is 29.3 Å². The molecule has 1 saturated carbocycles. The van der Waals surface area contributed by atoms with Crippen molar-refractivity contribution >= 4 is 15.7 Å². The number of rotatable bonds is 5. The third kappa shape index (κ3) is 3.63. The molecule has 1 aliphatic heterocycles. The molecule has 1 amide bonds. The van der Waals surface area contributed by atoms with Crippen LogP contribution in [0.2, 0.25) is 0 Å². The first-order valence-electron chi connectivity index (χ1n) is 9.25. The van der Waals surface area contributed by atoms with Crippen LogP contribution in [0.25, 0.3) is 5.69 Å². The quantitative estimate of drug-likeness (QED) is 0.785. The Bertz CT molecular complexity index is 965. The van der Waals surface area contributed by atoms with Crippen LogP contribution in [0, 0.1) is 5.82 Å². The summed E-state index contributed by atoms with van der Waals surface area (Å²) in [5.41, 5.74) is 1.97. The van der Waals surface area contributed by atoms with Crippen molar-refractivity contribution in [3.05, 3.63) is 47.5 Å². The number of amides is 1. The SMILES string of the molecule is CCN(C(=O)c1cc(C2CC2)n(-c2ccc(F)cc2)n1)C1CCS(=O)(=O)C1. The molecule has 27 heavy (non-hydrogen) atoms. The van der Waals surface area contributed by atoms with Crippen LogP contribution >= 0.6 is 0 Å². The third-order valence-corrected chi connectivity index (χ3v) is 7.02. The zero-order chi connectivity index (χ0) is 19.2. The third-order valence-electron chi connectivity index (χ3n) is 5.27. The minimum absolute atomic E-state index is 0.0146. The first-order chi connectivity index (χ1) is 12.9. The molecule has 2 aliphatic rings. The zero-order valence-corrected chi connectivity index (χ0v) is 16.0. The summed E-state index contributed by atoms with van der Waals surface area (Å²) in [6, 6.07) is 7.53. The molecule has 1 atom stereocenters. The van der Waals surface area contributed by atoms with E-state index in [4.69, 9.17) is 0 Å². The van der Waals surface area contributed by atoms with E-state index in [2.05, 4.69) is 5.10 Å². The molecule has 144 valence electrons. The average molecular weight is 391 g/mol. The second kappa shape index (κ2) is 6.74. The first-order valence-corrected chi connectivity index (χ1v) is 11.1. The summed E-state index contributed by atoms with van der Waals surface area (Å²) in [4.78, 5) is 14.7. The predicted octanol–water partition coefficient (Wildman–Crippen LogP) is 2.54. The van der Waals surface area contributed by atoms with Crippen molar-refractivity contribution in [1.82, 2.24) is 14.7 Å². The molecule has 1 saturated heterocycles. The smallest absolute Gasteiger partial charge is 0.274 e. The van der Waals surface area contributed by atoms with Crippen LogP contribution in [-0.2, 0) is 9.84 Å². The fourth-order valence-electron chi connectivity index (χ4n) is 3.70. The van der Waals surface area contributed by atoms with Gasteiger partial charge in [-0.3, -0.25) is 4.79 Å². The molecule has 1 aromatic heterocycles. The molecule has 0 N–H and O–H groups in total. The second-order valence-corrected chi connectivity index (χ2v) is 9.49. The van der Waals surface area contributed by atoms with Crippen molar-refractivity contribution in [3.8, 4) is 5.69 Å². The number of hydrogen-bond acceptors (Lipinski definition) is 4. The van der Waals surface area contributed by atoms with Crippen molar-refractivity contribution in [2.24, 2.45) is 0 Å². The van der Waals surface area contributed by atoms with Crippen LogP contribution in [-0.4, -0.2) is 53.1 Å². The Labute approximate surface area is 157 Å². The Morgan fingerprint density at radius 3 is 2.52 bits per heavy atom. The molecule has 1 aliphatic carbocycles. The number of hydrogen-bond donors (Lipinski definition) is 0. The first kappa shape index (κ1) is 18.2. The lowest BCUT2D eigenvalue weighted by Gasteiger charge is -2.25. The van der Waals surface area contributed by atoms with Gasteiger partial charge >= 0.3 is 0 Å².